The first-order valence-electron chi connectivity index (χ1n) is 6.67. The maximum Gasteiger partial charge on any atom is 0.407 e. The molecule has 0 aliphatic carbocycles. The van der Waals surface area contributed by atoms with Gasteiger partial charge in [0.1, 0.15) is 5.60 Å². The summed E-state index contributed by atoms with van der Waals surface area (Å²) in [6.07, 6.45) is 0.416. The molecule has 0 spiro atoms. The molecular weight excluding hydrogens is 248 g/mol. The summed E-state index contributed by atoms with van der Waals surface area (Å²) in [5.74, 6) is 0.236. The minimum absolute atomic E-state index is 0.182. The Balaban J connectivity index is 2.53. The van der Waals surface area contributed by atoms with Gasteiger partial charge in [0.25, 0.3) is 0 Å². The van der Waals surface area contributed by atoms with E-state index in [9.17, 15) is 9.59 Å². The lowest BCUT2D eigenvalue weighted by Crippen LogP contribution is -2.52. The van der Waals surface area contributed by atoms with Crippen LogP contribution in [0.3, 0.4) is 0 Å². The molecule has 1 aliphatic rings. The number of carbonyl (C=O) groups is 2. The Labute approximate surface area is 114 Å². The SMILES string of the molecule is CC1CCCN(C(=O)O)C1CNC(=O)OC(C)(C)C. The standard InChI is InChI=1S/C13H24N2O4/c1-9-6-5-7-15(12(17)18)10(9)8-14-11(16)19-13(2,3)4/h9-10H,5-8H2,1-4H3,(H,14,16)(H,17,18). The third-order valence-electron chi connectivity index (χ3n) is 3.22. The summed E-state index contributed by atoms with van der Waals surface area (Å²) >= 11 is 0. The summed E-state index contributed by atoms with van der Waals surface area (Å²) in [6, 6.07) is -0.182. The van der Waals surface area contributed by atoms with E-state index in [4.69, 9.17) is 9.84 Å². The summed E-state index contributed by atoms with van der Waals surface area (Å²) in [5, 5.41) is 11.8. The lowest BCUT2D eigenvalue weighted by atomic mass is 9.91. The normalized spacial score (nSPS) is 23.9. The fraction of sp³-hybridized carbons (Fsp3) is 0.846. The second-order valence-electron chi connectivity index (χ2n) is 6.05. The van der Waals surface area contributed by atoms with Gasteiger partial charge in [-0.2, -0.15) is 0 Å². The van der Waals surface area contributed by atoms with Crippen LogP contribution in [-0.2, 0) is 4.74 Å². The number of hydrogen-bond donors (Lipinski definition) is 2. The maximum absolute atomic E-state index is 11.6. The number of alkyl carbamates (subject to hydrolysis) is 1. The molecule has 1 fully saturated rings. The number of carbonyl (C=O) groups excluding carboxylic acids is 1. The number of hydrogen-bond acceptors (Lipinski definition) is 3. The minimum atomic E-state index is -0.928. The highest BCUT2D eigenvalue weighted by Crippen LogP contribution is 2.23. The molecule has 0 bridgehead atoms. The Hall–Kier alpha value is -1.46. The smallest absolute Gasteiger partial charge is 0.407 e. The van der Waals surface area contributed by atoms with Gasteiger partial charge in [-0.15, -0.1) is 0 Å². The number of carboxylic acid groups (broad SMARTS) is 1. The first kappa shape index (κ1) is 15.6. The highest BCUT2D eigenvalue weighted by atomic mass is 16.6. The molecule has 1 saturated heterocycles. The molecule has 6 nitrogen and oxygen atoms in total. The predicted molar refractivity (Wildman–Crippen MR) is 71.2 cm³/mol. The number of nitrogens with zero attached hydrogens (tertiary/aromatic N) is 1. The van der Waals surface area contributed by atoms with Crippen molar-refractivity contribution in [2.24, 2.45) is 5.92 Å². The van der Waals surface area contributed by atoms with E-state index < -0.39 is 17.8 Å². The van der Waals surface area contributed by atoms with E-state index in [0.717, 1.165) is 12.8 Å². The summed E-state index contributed by atoms with van der Waals surface area (Å²) in [7, 11) is 0. The van der Waals surface area contributed by atoms with Crippen LogP contribution in [0, 0.1) is 5.92 Å². The fourth-order valence-electron chi connectivity index (χ4n) is 2.30. The van der Waals surface area contributed by atoms with Gasteiger partial charge in [-0.05, 0) is 39.5 Å². The lowest BCUT2D eigenvalue weighted by Gasteiger charge is -2.38. The van der Waals surface area contributed by atoms with Gasteiger partial charge in [-0.25, -0.2) is 9.59 Å². The highest BCUT2D eigenvalue weighted by Gasteiger charge is 2.32. The number of amides is 2. The Morgan fingerprint density at radius 2 is 2.05 bits per heavy atom. The van der Waals surface area contributed by atoms with E-state index in [1.54, 1.807) is 20.8 Å². The summed E-state index contributed by atoms with van der Waals surface area (Å²) < 4.78 is 5.14. The van der Waals surface area contributed by atoms with Crippen LogP contribution in [0.2, 0.25) is 0 Å². The van der Waals surface area contributed by atoms with Crippen molar-refractivity contribution in [3.8, 4) is 0 Å². The van der Waals surface area contributed by atoms with E-state index >= 15 is 0 Å². The summed E-state index contributed by atoms with van der Waals surface area (Å²) in [5.41, 5.74) is -0.547. The van der Waals surface area contributed by atoms with E-state index in [1.807, 2.05) is 6.92 Å². The van der Waals surface area contributed by atoms with Gasteiger partial charge >= 0.3 is 12.2 Å². The molecule has 0 radical (unpaired) electrons. The van der Waals surface area contributed by atoms with Crippen molar-refractivity contribution >= 4 is 12.2 Å². The second kappa shape index (κ2) is 6.12. The van der Waals surface area contributed by atoms with Crippen molar-refractivity contribution in [1.29, 1.82) is 0 Å². The second-order valence-corrected chi connectivity index (χ2v) is 6.05. The maximum atomic E-state index is 11.6. The first-order valence-corrected chi connectivity index (χ1v) is 6.67. The third kappa shape index (κ3) is 4.96. The number of rotatable bonds is 2. The quantitative estimate of drug-likeness (QED) is 0.808. The number of ether oxygens (including phenoxy) is 1. The van der Waals surface area contributed by atoms with E-state index in [1.165, 1.54) is 4.90 Å². The van der Waals surface area contributed by atoms with Crippen LogP contribution in [0.15, 0.2) is 0 Å². The molecule has 0 aromatic rings. The Bertz CT molecular complexity index is 338. The van der Waals surface area contributed by atoms with Gasteiger partial charge in [0.05, 0.1) is 6.04 Å². The molecule has 0 aromatic heterocycles. The minimum Gasteiger partial charge on any atom is -0.465 e. The van der Waals surface area contributed by atoms with Crippen molar-refractivity contribution in [3.05, 3.63) is 0 Å². The van der Waals surface area contributed by atoms with Crippen LogP contribution in [0.25, 0.3) is 0 Å². The van der Waals surface area contributed by atoms with Crippen LogP contribution >= 0.6 is 0 Å². The Morgan fingerprint density at radius 3 is 2.58 bits per heavy atom. The van der Waals surface area contributed by atoms with Crippen LogP contribution in [0.5, 0.6) is 0 Å². The molecule has 2 N–H and O–H groups in total. The van der Waals surface area contributed by atoms with E-state index in [2.05, 4.69) is 5.32 Å². The highest BCUT2D eigenvalue weighted by molar-refractivity contribution is 5.68. The van der Waals surface area contributed by atoms with Crippen molar-refractivity contribution in [1.82, 2.24) is 10.2 Å². The van der Waals surface area contributed by atoms with Crippen molar-refractivity contribution in [2.75, 3.05) is 13.1 Å². The Morgan fingerprint density at radius 1 is 1.42 bits per heavy atom. The van der Waals surface area contributed by atoms with Crippen molar-refractivity contribution in [2.45, 2.75) is 52.2 Å². The first-order chi connectivity index (χ1) is 8.70. The molecule has 6 heteroatoms. The van der Waals surface area contributed by atoms with Gasteiger partial charge in [-0.3, -0.25) is 0 Å². The fourth-order valence-corrected chi connectivity index (χ4v) is 2.30. The van der Waals surface area contributed by atoms with Gasteiger partial charge in [-0.1, -0.05) is 6.92 Å². The molecule has 19 heavy (non-hydrogen) atoms. The van der Waals surface area contributed by atoms with Gasteiger partial charge in [0, 0.05) is 13.1 Å². The van der Waals surface area contributed by atoms with Crippen LogP contribution in [-0.4, -0.2) is 46.9 Å². The third-order valence-corrected chi connectivity index (χ3v) is 3.22. The largest absolute Gasteiger partial charge is 0.465 e. The zero-order valence-corrected chi connectivity index (χ0v) is 12.1. The van der Waals surface area contributed by atoms with Crippen LogP contribution in [0.4, 0.5) is 9.59 Å². The molecular formula is C13H24N2O4. The monoisotopic (exact) mass is 272 g/mol. The number of piperidine rings is 1. The lowest BCUT2D eigenvalue weighted by molar-refractivity contribution is 0.0460. The summed E-state index contributed by atoms with van der Waals surface area (Å²) in [6.45, 7) is 8.21. The average Bonchev–Trinajstić information content (AvgIpc) is 2.24. The predicted octanol–water partition coefficient (Wildman–Crippen LogP) is 2.29. The van der Waals surface area contributed by atoms with Crippen LogP contribution in [0.1, 0.15) is 40.5 Å². The molecule has 1 aliphatic heterocycles. The van der Waals surface area contributed by atoms with Crippen molar-refractivity contribution < 1.29 is 19.4 Å². The van der Waals surface area contributed by atoms with E-state index in [-0.39, 0.29) is 12.0 Å². The van der Waals surface area contributed by atoms with Gasteiger partial charge in [0.15, 0.2) is 0 Å². The van der Waals surface area contributed by atoms with Crippen LogP contribution < -0.4 is 5.32 Å². The number of likely N-dealkylation sites (tertiary alicyclic amines) is 1. The molecule has 2 amide bonds. The average molecular weight is 272 g/mol. The zero-order chi connectivity index (χ0) is 14.6. The number of nitrogens with one attached hydrogen (secondary N) is 1. The molecule has 1 rings (SSSR count). The Kier molecular flexibility index (Phi) is 5.03. The molecule has 0 aromatic carbocycles. The zero-order valence-electron chi connectivity index (χ0n) is 12.1. The topological polar surface area (TPSA) is 78.9 Å². The molecule has 110 valence electrons. The molecule has 0 saturated carbocycles. The molecule has 2 unspecified atom stereocenters. The van der Waals surface area contributed by atoms with Gasteiger partial charge < -0.3 is 20.1 Å². The molecule has 1 heterocycles. The van der Waals surface area contributed by atoms with Gasteiger partial charge in [0.2, 0.25) is 0 Å². The summed E-state index contributed by atoms with van der Waals surface area (Å²) in [4.78, 5) is 24.2. The van der Waals surface area contributed by atoms with E-state index in [0.29, 0.717) is 13.1 Å². The van der Waals surface area contributed by atoms with Crippen molar-refractivity contribution in [3.63, 3.8) is 0 Å². The molecule has 2 atom stereocenters.